The summed E-state index contributed by atoms with van der Waals surface area (Å²) in [7, 11) is 3.02. The number of halogens is 1. The van der Waals surface area contributed by atoms with Crippen molar-refractivity contribution >= 4 is 17.3 Å². The summed E-state index contributed by atoms with van der Waals surface area (Å²) in [4.78, 5) is 13.1. The molecular formula is C25H24FN3O3. The lowest BCUT2D eigenvalue weighted by molar-refractivity contribution is -0.131. The summed E-state index contributed by atoms with van der Waals surface area (Å²) in [6.45, 7) is -0.0238. The molecule has 1 atom stereocenters. The Bertz CT molecular complexity index is 1120. The van der Waals surface area contributed by atoms with Gasteiger partial charge in [-0.15, -0.1) is 0 Å². The number of nitrogens with zero attached hydrogens (tertiary/aromatic N) is 2. The molecule has 32 heavy (non-hydrogen) atoms. The van der Waals surface area contributed by atoms with Crippen LogP contribution in [0, 0.1) is 5.82 Å². The number of amides is 1. The Morgan fingerprint density at radius 1 is 1.06 bits per heavy atom. The van der Waals surface area contributed by atoms with E-state index in [-0.39, 0.29) is 24.2 Å². The van der Waals surface area contributed by atoms with Crippen molar-refractivity contribution in [2.45, 2.75) is 12.5 Å². The highest BCUT2D eigenvalue weighted by molar-refractivity contribution is 6.03. The van der Waals surface area contributed by atoms with Crippen LogP contribution in [0.3, 0.4) is 0 Å². The van der Waals surface area contributed by atoms with Crippen LogP contribution in [0.25, 0.3) is 0 Å². The van der Waals surface area contributed by atoms with Gasteiger partial charge >= 0.3 is 0 Å². The number of ether oxygens (including phenoxy) is 2. The van der Waals surface area contributed by atoms with Gasteiger partial charge in [0, 0.05) is 18.2 Å². The van der Waals surface area contributed by atoms with Gasteiger partial charge in [0.2, 0.25) is 0 Å². The van der Waals surface area contributed by atoms with Crippen LogP contribution >= 0.6 is 0 Å². The minimum atomic E-state index is -0.494. The highest BCUT2D eigenvalue weighted by Gasteiger charge is 2.32. The number of carbonyl (C=O) groups excluding carboxylic acids is 1. The SMILES string of the molecule is COc1ccc(C2CC(c3ccccc3)=NN2C(=O)CNc2ccc(OC)c(F)c2)cc1. The Morgan fingerprint density at radius 2 is 1.81 bits per heavy atom. The molecule has 1 N–H and O–H groups in total. The maximum absolute atomic E-state index is 14.0. The first-order valence-electron chi connectivity index (χ1n) is 10.3. The number of hydrazone groups is 1. The molecule has 1 unspecified atom stereocenters. The van der Waals surface area contributed by atoms with E-state index in [9.17, 15) is 9.18 Å². The molecule has 0 fully saturated rings. The highest BCUT2D eigenvalue weighted by atomic mass is 19.1. The van der Waals surface area contributed by atoms with Gasteiger partial charge < -0.3 is 14.8 Å². The zero-order valence-electron chi connectivity index (χ0n) is 17.9. The minimum Gasteiger partial charge on any atom is -0.497 e. The third kappa shape index (κ3) is 4.56. The standard InChI is InChI=1S/C25H24FN3O3/c1-31-20-11-8-18(9-12-20)23-15-22(17-6-4-3-5-7-17)28-29(23)25(30)16-27-19-10-13-24(32-2)21(26)14-19/h3-14,23,27H,15-16H2,1-2H3. The predicted molar refractivity (Wildman–Crippen MR) is 122 cm³/mol. The molecule has 1 amide bonds. The molecule has 0 radical (unpaired) electrons. The minimum absolute atomic E-state index is 0.0238. The van der Waals surface area contributed by atoms with Crippen LogP contribution in [0.2, 0.25) is 0 Å². The van der Waals surface area contributed by atoms with E-state index in [2.05, 4.69) is 10.4 Å². The van der Waals surface area contributed by atoms with Crippen molar-refractivity contribution in [1.29, 1.82) is 0 Å². The van der Waals surface area contributed by atoms with Crippen LogP contribution in [0.1, 0.15) is 23.6 Å². The molecule has 0 aliphatic carbocycles. The van der Waals surface area contributed by atoms with E-state index in [4.69, 9.17) is 9.47 Å². The van der Waals surface area contributed by atoms with Gasteiger partial charge in [0.25, 0.3) is 5.91 Å². The Kier molecular flexibility index (Phi) is 6.35. The molecule has 6 nitrogen and oxygen atoms in total. The Hall–Kier alpha value is -3.87. The molecule has 0 spiro atoms. The zero-order valence-corrected chi connectivity index (χ0v) is 17.9. The molecule has 7 heteroatoms. The van der Waals surface area contributed by atoms with Crippen LogP contribution in [-0.2, 0) is 4.79 Å². The lowest BCUT2D eigenvalue weighted by atomic mass is 9.98. The Balaban J connectivity index is 1.55. The van der Waals surface area contributed by atoms with Crippen molar-refractivity contribution in [2.75, 3.05) is 26.1 Å². The number of hydrogen-bond acceptors (Lipinski definition) is 5. The number of nitrogens with one attached hydrogen (secondary N) is 1. The lowest BCUT2D eigenvalue weighted by Crippen LogP contribution is -2.32. The number of rotatable bonds is 7. The van der Waals surface area contributed by atoms with Crippen LogP contribution in [0.4, 0.5) is 10.1 Å². The quantitative estimate of drug-likeness (QED) is 0.590. The predicted octanol–water partition coefficient (Wildman–Crippen LogP) is 4.63. The van der Waals surface area contributed by atoms with Crippen LogP contribution < -0.4 is 14.8 Å². The van der Waals surface area contributed by atoms with Gasteiger partial charge in [0.15, 0.2) is 11.6 Å². The van der Waals surface area contributed by atoms with Crippen molar-refractivity contribution in [3.8, 4) is 11.5 Å². The van der Waals surface area contributed by atoms with Crippen LogP contribution in [-0.4, -0.2) is 37.4 Å². The molecule has 0 aromatic heterocycles. The fourth-order valence-electron chi connectivity index (χ4n) is 3.67. The maximum Gasteiger partial charge on any atom is 0.262 e. The normalized spacial score (nSPS) is 15.3. The molecule has 0 saturated carbocycles. The Labute approximate surface area is 186 Å². The zero-order chi connectivity index (χ0) is 22.5. The van der Waals surface area contributed by atoms with E-state index < -0.39 is 5.82 Å². The first kappa shape index (κ1) is 21.4. The molecule has 1 aliphatic heterocycles. The van der Waals surface area contributed by atoms with E-state index in [1.54, 1.807) is 13.2 Å². The van der Waals surface area contributed by atoms with Gasteiger partial charge in [0.05, 0.1) is 32.5 Å². The largest absolute Gasteiger partial charge is 0.497 e. The summed E-state index contributed by atoms with van der Waals surface area (Å²) < 4.78 is 24.2. The van der Waals surface area contributed by atoms with Crippen molar-refractivity contribution in [2.24, 2.45) is 5.10 Å². The summed E-state index contributed by atoms with van der Waals surface area (Å²) in [5.41, 5.74) is 3.27. The lowest BCUT2D eigenvalue weighted by Gasteiger charge is -2.22. The fraction of sp³-hybridized carbons (Fsp3) is 0.200. The van der Waals surface area contributed by atoms with Gasteiger partial charge in [0.1, 0.15) is 5.75 Å². The van der Waals surface area contributed by atoms with Crippen molar-refractivity contribution < 1.29 is 18.7 Å². The Morgan fingerprint density at radius 3 is 2.47 bits per heavy atom. The first-order chi connectivity index (χ1) is 15.6. The molecule has 3 aromatic rings. The van der Waals surface area contributed by atoms with Gasteiger partial charge in [-0.25, -0.2) is 9.40 Å². The van der Waals surface area contributed by atoms with Crippen LogP contribution in [0.15, 0.2) is 77.9 Å². The topological polar surface area (TPSA) is 63.2 Å². The van der Waals surface area contributed by atoms with E-state index in [1.165, 1.54) is 24.3 Å². The summed E-state index contributed by atoms with van der Waals surface area (Å²) in [6.07, 6.45) is 0.596. The van der Waals surface area contributed by atoms with E-state index in [0.29, 0.717) is 12.1 Å². The van der Waals surface area contributed by atoms with E-state index >= 15 is 0 Å². The summed E-state index contributed by atoms with van der Waals surface area (Å²) in [5.74, 6) is 0.190. The van der Waals surface area contributed by atoms with Crippen molar-refractivity contribution in [3.63, 3.8) is 0 Å². The average Bonchev–Trinajstić information content (AvgIpc) is 3.29. The smallest absolute Gasteiger partial charge is 0.262 e. The number of anilines is 1. The van der Waals surface area contributed by atoms with E-state index in [1.807, 2.05) is 54.6 Å². The van der Waals surface area contributed by atoms with Gasteiger partial charge in [-0.05, 0) is 35.4 Å². The second-order valence-corrected chi connectivity index (χ2v) is 7.35. The average molecular weight is 433 g/mol. The third-order valence-electron chi connectivity index (χ3n) is 5.37. The second-order valence-electron chi connectivity index (χ2n) is 7.35. The summed E-state index contributed by atoms with van der Waals surface area (Å²) in [6, 6.07) is 21.7. The van der Waals surface area contributed by atoms with Gasteiger partial charge in [-0.3, -0.25) is 4.79 Å². The summed E-state index contributed by atoms with van der Waals surface area (Å²) in [5, 5.41) is 9.14. The molecular weight excluding hydrogens is 409 g/mol. The maximum atomic E-state index is 14.0. The second kappa shape index (κ2) is 9.51. The fourth-order valence-corrected chi connectivity index (χ4v) is 3.67. The van der Waals surface area contributed by atoms with Crippen LogP contribution in [0.5, 0.6) is 11.5 Å². The van der Waals surface area contributed by atoms with Gasteiger partial charge in [-0.1, -0.05) is 42.5 Å². The number of hydrogen-bond donors (Lipinski definition) is 1. The molecule has 4 rings (SSSR count). The number of carbonyl (C=O) groups is 1. The third-order valence-corrected chi connectivity index (χ3v) is 5.37. The molecule has 1 aliphatic rings. The monoisotopic (exact) mass is 433 g/mol. The van der Waals surface area contributed by atoms with Crippen molar-refractivity contribution in [1.82, 2.24) is 5.01 Å². The number of methoxy groups -OCH3 is 2. The molecule has 0 saturated heterocycles. The molecule has 3 aromatic carbocycles. The highest BCUT2D eigenvalue weighted by Crippen LogP contribution is 2.33. The van der Waals surface area contributed by atoms with Crippen molar-refractivity contribution in [3.05, 3.63) is 89.7 Å². The van der Waals surface area contributed by atoms with E-state index in [0.717, 1.165) is 22.6 Å². The number of benzene rings is 3. The summed E-state index contributed by atoms with van der Waals surface area (Å²) >= 11 is 0. The molecule has 0 bridgehead atoms. The molecule has 1 heterocycles. The first-order valence-corrected chi connectivity index (χ1v) is 10.3. The van der Waals surface area contributed by atoms with Gasteiger partial charge in [-0.2, -0.15) is 5.10 Å². The molecule has 164 valence electrons.